The van der Waals surface area contributed by atoms with Gasteiger partial charge in [-0.1, -0.05) is 42.5 Å². The Kier molecular flexibility index (Phi) is 4.86. The van der Waals surface area contributed by atoms with Crippen LogP contribution in [0.1, 0.15) is 37.9 Å². The third kappa shape index (κ3) is 2.89. The van der Waals surface area contributed by atoms with Crippen LogP contribution in [0.15, 0.2) is 59.4 Å². The van der Waals surface area contributed by atoms with Crippen LogP contribution in [0, 0.1) is 0 Å². The summed E-state index contributed by atoms with van der Waals surface area (Å²) in [5.74, 6) is 0. The molecule has 1 aromatic heterocycles. The fourth-order valence-electron chi connectivity index (χ4n) is 3.40. The van der Waals surface area contributed by atoms with Crippen molar-refractivity contribution in [1.29, 1.82) is 0 Å². The van der Waals surface area contributed by atoms with Crippen LogP contribution in [0.25, 0.3) is 11.0 Å². The van der Waals surface area contributed by atoms with Gasteiger partial charge in [0.25, 0.3) is 0 Å². The minimum absolute atomic E-state index is 0.0241. The Morgan fingerprint density at radius 2 is 1.50 bits per heavy atom. The average Bonchev–Trinajstić information content (AvgIpc) is 2.89. The number of benzene rings is 2. The first-order valence-electron chi connectivity index (χ1n) is 8.56. The number of rotatable bonds is 6. The van der Waals surface area contributed by atoms with E-state index in [-0.39, 0.29) is 17.8 Å². The van der Waals surface area contributed by atoms with Gasteiger partial charge in [-0.05, 0) is 51.6 Å². The molecule has 126 valence electrons. The Balaban J connectivity index is 2.25. The Morgan fingerprint density at radius 1 is 0.917 bits per heavy atom. The largest absolute Gasteiger partial charge is 0.329 e. The van der Waals surface area contributed by atoms with E-state index in [1.165, 1.54) is 5.56 Å². The molecule has 0 fully saturated rings. The lowest BCUT2D eigenvalue weighted by Crippen LogP contribution is -2.30. The van der Waals surface area contributed by atoms with Gasteiger partial charge in [0, 0.05) is 6.04 Å². The Labute approximate surface area is 142 Å². The van der Waals surface area contributed by atoms with Gasteiger partial charge in [0.15, 0.2) is 0 Å². The van der Waals surface area contributed by atoms with Gasteiger partial charge in [-0.3, -0.25) is 9.13 Å². The molecule has 0 spiro atoms. The van der Waals surface area contributed by atoms with Crippen LogP contribution in [-0.2, 0) is 0 Å². The predicted octanol–water partition coefficient (Wildman–Crippen LogP) is 3.58. The molecule has 3 aromatic rings. The van der Waals surface area contributed by atoms with Crippen molar-refractivity contribution in [1.82, 2.24) is 14.5 Å². The van der Waals surface area contributed by atoms with Gasteiger partial charge in [0.2, 0.25) is 0 Å². The highest BCUT2D eigenvalue weighted by molar-refractivity contribution is 5.76. The van der Waals surface area contributed by atoms with Crippen molar-refractivity contribution in [3.05, 3.63) is 70.6 Å². The number of aromatic nitrogens is 2. The van der Waals surface area contributed by atoms with E-state index in [4.69, 9.17) is 0 Å². The maximum absolute atomic E-state index is 13.2. The number of nitrogens with zero attached hydrogens (tertiary/aromatic N) is 2. The third-order valence-corrected chi connectivity index (χ3v) is 4.49. The molecule has 1 N–H and O–H groups in total. The van der Waals surface area contributed by atoms with Crippen LogP contribution in [-0.4, -0.2) is 22.7 Å². The fourth-order valence-corrected chi connectivity index (χ4v) is 3.40. The standard InChI is InChI=1S/C20H25N3O/c1-15(2)22-18-11-7-8-12-19(18)23(20(22)24)17(13-14-21-3)16-9-5-4-6-10-16/h4-12,15,17,21H,13-14H2,1-3H3/t17-/m1/s1. The minimum Gasteiger partial charge on any atom is -0.320 e. The summed E-state index contributed by atoms with van der Waals surface area (Å²) >= 11 is 0. The van der Waals surface area contributed by atoms with Crippen LogP contribution < -0.4 is 11.0 Å². The second-order valence-electron chi connectivity index (χ2n) is 6.42. The predicted molar refractivity (Wildman–Crippen MR) is 99.7 cm³/mol. The molecule has 4 heteroatoms. The summed E-state index contributed by atoms with van der Waals surface area (Å²) in [6.45, 7) is 4.97. The molecule has 0 aliphatic carbocycles. The molecule has 0 amide bonds. The van der Waals surface area contributed by atoms with Crippen LogP contribution in [0.4, 0.5) is 0 Å². The molecule has 0 aliphatic heterocycles. The van der Waals surface area contributed by atoms with Gasteiger partial charge in [0.05, 0.1) is 17.1 Å². The summed E-state index contributed by atoms with van der Waals surface area (Å²) < 4.78 is 3.85. The second-order valence-corrected chi connectivity index (χ2v) is 6.42. The van der Waals surface area contributed by atoms with Gasteiger partial charge in [-0.15, -0.1) is 0 Å². The Bertz CT molecular complexity index is 861. The van der Waals surface area contributed by atoms with E-state index in [2.05, 4.69) is 31.3 Å². The molecule has 0 saturated heterocycles. The van der Waals surface area contributed by atoms with Gasteiger partial charge >= 0.3 is 5.69 Å². The zero-order valence-corrected chi connectivity index (χ0v) is 14.6. The molecule has 0 radical (unpaired) electrons. The Hall–Kier alpha value is -2.33. The molecule has 0 unspecified atom stereocenters. The third-order valence-electron chi connectivity index (χ3n) is 4.49. The molecular formula is C20H25N3O. The van der Waals surface area contributed by atoms with Crippen molar-refractivity contribution in [3.8, 4) is 0 Å². The highest BCUT2D eigenvalue weighted by Crippen LogP contribution is 2.26. The van der Waals surface area contributed by atoms with E-state index < -0.39 is 0 Å². The minimum atomic E-state index is 0.0241. The van der Waals surface area contributed by atoms with Crippen LogP contribution in [0.3, 0.4) is 0 Å². The van der Waals surface area contributed by atoms with Crippen molar-refractivity contribution < 1.29 is 0 Å². The average molecular weight is 323 g/mol. The van der Waals surface area contributed by atoms with E-state index in [9.17, 15) is 4.79 Å². The summed E-state index contributed by atoms with van der Waals surface area (Å²) in [4.78, 5) is 13.2. The maximum Gasteiger partial charge on any atom is 0.329 e. The first-order valence-corrected chi connectivity index (χ1v) is 8.56. The number of fused-ring (bicyclic) bond motifs is 1. The van der Waals surface area contributed by atoms with Crippen molar-refractivity contribution in [2.24, 2.45) is 0 Å². The topological polar surface area (TPSA) is 39.0 Å². The van der Waals surface area contributed by atoms with Crippen LogP contribution >= 0.6 is 0 Å². The van der Waals surface area contributed by atoms with E-state index in [1.54, 1.807) is 0 Å². The van der Waals surface area contributed by atoms with Crippen molar-refractivity contribution >= 4 is 11.0 Å². The van der Waals surface area contributed by atoms with E-state index in [1.807, 2.05) is 58.6 Å². The molecule has 4 nitrogen and oxygen atoms in total. The molecule has 0 aliphatic rings. The number of imidazole rings is 1. The SMILES string of the molecule is CNCC[C@H](c1ccccc1)n1c(=O)n(C(C)C)c2ccccc21. The Morgan fingerprint density at radius 3 is 2.08 bits per heavy atom. The maximum atomic E-state index is 13.2. The van der Waals surface area contributed by atoms with E-state index in [0.717, 1.165) is 24.0 Å². The first-order chi connectivity index (χ1) is 11.6. The number of nitrogens with one attached hydrogen (secondary N) is 1. The van der Waals surface area contributed by atoms with Crippen LogP contribution in [0.5, 0.6) is 0 Å². The lowest BCUT2D eigenvalue weighted by molar-refractivity contribution is 0.496. The van der Waals surface area contributed by atoms with E-state index in [0.29, 0.717) is 0 Å². The normalized spacial score (nSPS) is 12.8. The summed E-state index contributed by atoms with van der Waals surface area (Å²) in [5.41, 5.74) is 3.24. The summed E-state index contributed by atoms with van der Waals surface area (Å²) in [7, 11) is 1.95. The zero-order chi connectivity index (χ0) is 17.1. The molecule has 0 saturated carbocycles. The van der Waals surface area contributed by atoms with Gasteiger partial charge in [0.1, 0.15) is 0 Å². The molecule has 1 atom stereocenters. The van der Waals surface area contributed by atoms with Crippen molar-refractivity contribution in [2.45, 2.75) is 32.4 Å². The molecule has 0 bridgehead atoms. The molecule has 3 rings (SSSR count). The lowest BCUT2D eigenvalue weighted by atomic mass is 10.0. The van der Waals surface area contributed by atoms with Crippen molar-refractivity contribution in [2.75, 3.05) is 13.6 Å². The van der Waals surface area contributed by atoms with E-state index >= 15 is 0 Å². The van der Waals surface area contributed by atoms with Crippen LogP contribution in [0.2, 0.25) is 0 Å². The fraction of sp³-hybridized carbons (Fsp3) is 0.350. The summed E-state index contributed by atoms with van der Waals surface area (Å²) in [5, 5.41) is 3.21. The second kappa shape index (κ2) is 7.05. The van der Waals surface area contributed by atoms with Gasteiger partial charge in [-0.2, -0.15) is 0 Å². The van der Waals surface area contributed by atoms with Gasteiger partial charge < -0.3 is 5.32 Å². The summed E-state index contributed by atoms with van der Waals surface area (Å²) in [6.07, 6.45) is 0.868. The number of hydrogen-bond donors (Lipinski definition) is 1. The quantitative estimate of drug-likeness (QED) is 0.753. The number of hydrogen-bond acceptors (Lipinski definition) is 2. The lowest BCUT2D eigenvalue weighted by Gasteiger charge is -2.19. The van der Waals surface area contributed by atoms with Crippen molar-refractivity contribution in [3.63, 3.8) is 0 Å². The number of para-hydroxylation sites is 2. The highest BCUT2D eigenvalue weighted by Gasteiger charge is 2.22. The molecule has 1 heterocycles. The summed E-state index contributed by atoms with van der Waals surface area (Å²) in [6, 6.07) is 18.5. The van der Waals surface area contributed by atoms with Gasteiger partial charge in [-0.25, -0.2) is 4.79 Å². The first kappa shape index (κ1) is 16.5. The smallest absolute Gasteiger partial charge is 0.320 e. The molecule has 24 heavy (non-hydrogen) atoms. The molecule has 2 aromatic carbocycles. The zero-order valence-electron chi connectivity index (χ0n) is 14.6. The highest BCUT2D eigenvalue weighted by atomic mass is 16.1. The molecular weight excluding hydrogens is 298 g/mol. The monoisotopic (exact) mass is 323 g/mol.